The number of carbonyl (C=O) groups excluding carboxylic acids is 1. The van der Waals surface area contributed by atoms with Crippen molar-refractivity contribution in [1.82, 2.24) is 10.2 Å². The number of fused-ring (bicyclic) bond motifs is 3. The van der Waals surface area contributed by atoms with Gasteiger partial charge in [-0.25, -0.2) is 0 Å². The van der Waals surface area contributed by atoms with Gasteiger partial charge in [0.25, 0.3) is 0 Å². The van der Waals surface area contributed by atoms with Gasteiger partial charge in [0.05, 0.1) is 6.04 Å². The van der Waals surface area contributed by atoms with E-state index in [2.05, 4.69) is 34.5 Å². The molecule has 3 atom stereocenters. The summed E-state index contributed by atoms with van der Waals surface area (Å²) in [6.07, 6.45) is 12.4. The SMILES string of the molecule is CC(=O)NC1CC2(CCN(C3CC4CCCCC4C3)CC2)c2ccccc21. The lowest BCUT2D eigenvalue weighted by Crippen LogP contribution is -2.46. The third-order valence-electron chi connectivity index (χ3n) is 8.37. The Morgan fingerprint density at radius 3 is 2.41 bits per heavy atom. The van der Waals surface area contributed by atoms with Gasteiger partial charge < -0.3 is 10.2 Å². The molecule has 3 nitrogen and oxygen atoms in total. The van der Waals surface area contributed by atoms with Gasteiger partial charge in [-0.15, -0.1) is 0 Å². The van der Waals surface area contributed by atoms with E-state index in [-0.39, 0.29) is 17.4 Å². The van der Waals surface area contributed by atoms with Crippen molar-refractivity contribution in [2.75, 3.05) is 13.1 Å². The van der Waals surface area contributed by atoms with Crippen LogP contribution in [0.3, 0.4) is 0 Å². The number of rotatable bonds is 2. The predicted octanol–water partition coefficient (Wildman–Crippen LogP) is 4.57. The van der Waals surface area contributed by atoms with Gasteiger partial charge in [0.15, 0.2) is 0 Å². The van der Waals surface area contributed by atoms with Gasteiger partial charge >= 0.3 is 0 Å². The maximum atomic E-state index is 11.7. The third kappa shape index (κ3) is 3.12. The van der Waals surface area contributed by atoms with Crippen LogP contribution in [0.2, 0.25) is 0 Å². The molecule has 0 aromatic heterocycles. The first-order chi connectivity index (χ1) is 13.1. The van der Waals surface area contributed by atoms with E-state index in [0.717, 1.165) is 24.3 Å². The van der Waals surface area contributed by atoms with Crippen molar-refractivity contribution in [2.45, 2.75) is 82.2 Å². The number of nitrogens with zero attached hydrogens (tertiary/aromatic N) is 1. The Kier molecular flexibility index (Phi) is 4.54. The van der Waals surface area contributed by atoms with Crippen molar-refractivity contribution < 1.29 is 4.79 Å². The molecule has 1 aliphatic heterocycles. The highest BCUT2D eigenvalue weighted by Crippen LogP contribution is 2.52. The lowest BCUT2D eigenvalue weighted by Gasteiger charge is -2.43. The third-order valence-corrected chi connectivity index (χ3v) is 8.37. The Bertz CT molecular complexity index is 692. The van der Waals surface area contributed by atoms with Crippen molar-refractivity contribution in [1.29, 1.82) is 0 Å². The van der Waals surface area contributed by atoms with Crippen molar-refractivity contribution in [2.24, 2.45) is 11.8 Å². The maximum absolute atomic E-state index is 11.7. The number of hydrogen-bond donors (Lipinski definition) is 1. The fourth-order valence-electron chi connectivity index (χ4n) is 7.06. The van der Waals surface area contributed by atoms with Crippen LogP contribution in [0.4, 0.5) is 0 Å². The second-order valence-corrected chi connectivity index (χ2v) is 9.79. The van der Waals surface area contributed by atoms with Crippen LogP contribution < -0.4 is 5.32 Å². The number of nitrogens with one attached hydrogen (secondary N) is 1. The van der Waals surface area contributed by atoms with E-state index in [1.165, 1.54) is 75.6 Å². The van der Waals surface area contributed by atoms with Gasteiger partial charge in [-0.3, -0.25) is 4.79 Å². The molecule has 3 aliphatic carbocycles. The second kappa shape index (κ2) is 6.92. The summed E-state index contributed by atoms with van der Waals surface area (Å²) in [5.74, 6) is 2.14. The molecule has 3 unspecified atom stereocenters. The van der Waals surface area contributed by atoms with Crippen molar-refractivity contribution >= 4 is 5.91 Å². The van der Waals surface area contributed by atoms with Gasteiger partial charge in [-0.05, 0) is 68.2 Å². The minimum absolute atomic E-state index is 0.0952. The zero-order valence-electron chi connectivity index (χ0n) is 16.8. The molecule has 1 amide bonds. The van der Waals surface area contributed by atoms with E-state index in [1.807, 2.05) is 0 Å². The summed E-state index contributed by atoms with van der Waals surface area (Å²) in [6, 6.07) is 9.93. The molecule has 27 heavy (non-hydrogen) atoms. The standard InChI is InChI=1S/C24H34N2O/c1-17(27)25-23-16-24(22-9-5-4-8-21(22)23)10-12-26(13-11-24)20-14-18-6-2-3-7-19(18)15-20/h4-5,8-9,18-20,23H,2-3,6-7,10-16H2,1H3,(H,25,27). The van der Waals surface area contributed by atoms with E-state index in [4.69, 9.17) is 0 Å². The highest BCUT2D eigenvalue weighted by molar-refractivity contribution is 5.73. The van der Waals surface area contributed by atoms with Gasteiger partial charge in [0.2, 0.25) is 5.91 Å². The molecule has 3 fully saturated rings. The Morgan fingerprint density at radius 1 is 1.07 bits per heavy atom. The largest absolute Gasteiger partial charge is 0.349 e. The van der Waals surface area contributed by atoms with Gasteiger partial charge in [0.1, 0.15) is 0 Å². The van der Waals surface area contributed by atoms with Crippen LogP contribution in [0, 0.1) is 11.8 Å². The number of piperidine rings is 1. The van der Waals surface area contributed by atoms with Crippen LogP contribution >= 0.6 is 0 Å². The first-order valence-electron chi connectivity index (χ1n) is 11.3. The first kappa shape index (κ1) is 17.7. The molecule has 4 aliphatic rings. The summed E-state index contributed by atoms with van der Waals surface area (Å²) in [7, 11) is 0. The Morgan fingerprint density at radius 2 is 1.74 bits per heavy atom. The van der Waals surface area contributed by atoms with Crippen LogP contribution in [0.15, 0.2) is 24.3 Å². The van der Waals surface area contributed by atoms with Crippen molar-refractivity contribution in [3.63, 3.8) is 0 Å². The van der Waals surface area contributed by atoms with Gasteiger partial charge in [-0.2, -0.15) is 0 Å². The zero-order chi connectivity index (χ0) is 18.4. The highest BCUT2D eigenvalue weighted by atomic mass is 16.1. The molecular formula is C24H34N2O. The average molecular weight is 367 g/mol. The van der Waals surface area contributed by atoms with E-state index in [0.29, 0.717) is 0 Å². The molecular weight excluding hydrogens is 332 g/mol. The van der Waals surface area contributed by atoms with Gasteiger partial charge in [0, 0.05) is 18.4 Å². The second-order valence-electron chi connectivity index (χ2n) is 9.79. The molecule has 5 rings (SSSR count). The normalized spacial score (nSPS) is 35.0. The predicted molar refractivity (Wildman–Crippen MR) is 109 cm³/mol. The highest BCUT2D eigenvalue weighted by Gasteiger charge is 2.47. The topological polar surface area (TPSA) is 32.3 Å². The van der Waals surface area contributed by atoms with Crippen LogP contribution in [-0.4, -0.2) is 29.9 Å². The van der Waals surface area contributed by atoms with Crippen LogP contribution in [0.25, 0.3) is 0 Å². The summed E-state index contributed by atoms with van der Waals surface area (Å²) in [5, 5.41) is 3.22. The Hall–Kier alpha value is -1.35. The lowest BCUT2D eigenvalue weighted by atomic mass is 9.73. The summed E-state index contributed by atoms with van der Waals surface area (Å²) in [6.45, 7) is 4.13. The first-order valence-corrected chi connectivity index (χ1v) is 11.3. The summed E-state index contributed by atoms with van der Waals surface area (Å²) >= 11 is 0. The quantitative estimate of drug-likeness (QED) is 0.831. The average Bonchev–Trinajstić information content (AvgIpc) is 3.23. The molecule has 1 spiro atoms. The minimum Gasteiger partial charge on any atom is -0.349 e. The van der Waals surface area contributed by atoms with Crippen LogP contribution in [0.1, 0.15) is 81.9 Å². The number of likely N-dealkylation sites (tertiary alicyclic amines) is 1. The van der Waals surface area contributed by atoms with E-state index in [1.54, 1.807) is 6.92 Å². The Balaban J connectivity index is 1.29. The zero-order valence-corrected chi connectivity index (χ0v) is 16.8. The maximum Gasteiger partial charge on any atom is 0.217 e. The van der Waals surface area contributed by atoms with Crippen molar-refractivity contribution in [3.05, 3.63) is 35.4 Å². The number of hydrogen-bond acceptors (Lipinski definition) is 2. The van der Waals surface area contributed by atoms with E-state index >= 15 is 0 Å². The van der Waals surface area contributed by atoms with Crippen LogP contribution in [0.5, 0.6) is 0 Å². The molecule has 0 bridgehead atoms. The molecule has 146 valence electrons. The van der Waals surface area contributed by atoms with Crippen molar-refractivity contribution in [3.8, 4) is 0 Å². The molecule has 1 aromatic carbocycles. The fraction of sp³-hybridized carbons (Fsp3) is 0.708. The number of amides is 1. The molecule has 2 saturated carbocycles. The van der Waals surface area contributed by atoms with E-state index < -0.39 is 0 Å². The fourth-order valence-corrected chi connectivity index (χ4v) is 7.06. The molecule has 0 radical (unpaired) electrons. The number of benzene rings is 1. The molecule has 1 saturated heterocycles. The summed E-state index contributed by atoms with van der Waals surface area (Å²) < 4.78 is 0. The minimum atomic E-state index is 0.0952. The Labute approximate surface area is 163 Å². The monoisotopic (exact) mass is 366 g/mol. The van der Waals surface area contributed by atoms with Crippen LogP contribution in [-0.2, 0) is 10.2 Å². The number of carbonyl (C=O) groups is 1. The van der Waals surface area contributed by atoms with Gasteiger partial charge in [-0.1, -0.05) is 49.9 Å². The lowest BCUT2D eigenvalue weighted by molar-refractivity contribution is -0.119. The summed E-state index contributed by atoms with van der Waals surface area (Å²) in [4.78, 5) is 14.5. The smallest absolute Gasteiger partial charge is 0.217 e. The van der Waals surface area contributed by atoms with E-state index in [9.17, 15) is 4.79 Å². The molecule has 1 N–H and O–H groups in total. The molecule has 1 heterocycles. The molecule has 1 aromatic rings. The summed E-state index contributed by atoms with van der Waals surface area (Å²) in [5.41, 5.74) is 3.17. The molecule has 3 heteroatoms.